The number of hydrogen-bond acceptors (Lipinski definition) is 4. The van der Waals surface area contributed by atoms with E-state index in [0.717, 1.165) is 17.5 Å². The number of likely N-dealkylation sites (tertiary alicyclic amines) is 1. The van der Waals surface area contributed by atoms with Gasteiger partial charge in [0.05, 0.1) is 6.10 Å². The van der Waals surface area contributed by atoms with E-state index in [-0.39, 0.29) is 18.9 Å². The van der Waals surface area contributed by atoms with Crippen LogP contribution >= 0.6 is 0 Å². The molecule has 21 heavy (non-hydrogen) atoms. The van der Waals surface area contributed by atoms with Crippen LogP contribution in [0.25, 0.3) is 0 Å². The van der Waals surface area contributed by atoms with Crippen molar-refractivity contribution in [1.82, 2.24) is 10.2 Å². The van der Waals surface area contributed by atoms with Crippen molar-refractivity contribution in [1.29, 1.82) is 0 Å². The summed E-state index contributed by atoms with van der Waals surface area (Å²) in [5, 5.41) is 22.1. The molecule has 6 nitrogen and oxygen atoms in total. The molecule has 0 radical (unpaired) electrons. The Labute approximate surface area is 122 Å². The first-order valence-corrected chi connectivity index (χ1v) is 7.10. The van der Waals surface area contributed by atoms with Gasteiger partial charge in [0.15, 0.2) is 0 Å². The SMILES string of the molecule is O=C(O)[C@H]1C[C@@H](O)CN1C(=O)C1NCCc2ccccc21. The molecule has 1 aromatic rings. The molecule has 0 bridgehead atoms. The molecule has 112 valence electrons. The summed E-state index contributed by atoms with van der Waals surface area (Å²) in [6.07, 6.45) is 0.175. The van der Waals surface area contributed by atoms with Gasteiger partial charge in [-0.1, -0.05) is 24.3 Å². The van der Waals surface area contributed by atoms with Gasteiger partial charge < -0.3 is 20.4 Å². The van der Waals surface area contributed by atoms with E-state index in [1.807, 2.05) is 24.3 Å². The number of aliphatic hydroxyl groups is 1. The predicted octanol–water partition coefficient (Wildman–Crippen LogP) is -0.0802. The van der Waals surface area contributed by atoms with Crippen molar-refractivity contribution in [2.75, 3.05) is 13.1 Å². The van der Waals surface area contributed by atoms with Crippen LogP contribution in [0.3, 0.4) is 0 Å². The third-order valence-electron chi connectivity index (χ3n) is 4.20. The molecular weight excluding hydrogens is 272 g/mol. The topological polar surface area (TPSA) is 89.9 Å². The summed E-state index contributed by atoms with van der Waals surface area (Å²) in [5.41, 5.74) is 2.01. The summed E-state index contributed by atoms with van der Waals surface area (Å²) in [4.78, 5) is 25.3. The standard InChI is InChI=1S/C15H18N2O4/c18-10-7-12(15(20)21)17(8-10)14(19)13-11-4-2-1-3-9(11)5-6-16-13/h1-4,10,12-13,16,18H,5-8H2,(H,20,21)/t10-,12-,13?/m1/s1. The highest BCUT2D eigenvalue weighted by atomic mass is 16.4. The van der Waals surface area contributed by atoms with Crippen LogP contribution in [0, 0.1) is 0 Å². The minimum absolute atomic E-state index is 0.0795. The number of aliphatic carboxylic acids is 1. The average Bonchev–Trinajstić information content (AvgIpc) is 2.88. The molecule has 0 aromatic heterocycles. The lowest BCUT2D eigenvalue weighted by Crippen LogP contribution is -2.48. The second-order valence-corrected chi connectivity index (χ2v) is 5.57. The second-order valence-electron chi connectivity index (χ2n) is 5.57. The number of nitrogens with one attached hydrogen (secondary N) is 1. The Bertz CT molecular complexity index is 575. The zero-order chi connectivity index (χ0) is 15.0. The molecule has 0 spiro atoms. The maximum absolute atomic E-state index is 12.7. The fourth-order valence-electron chi connectivity index (χ4n) is 3.18. The first-order valence-electron chi connectivity index (χ1n) is 7.10. The quantitative estimate of drug-likeness (QED) is 0.709. The van der Waals surface area contributed by atoms with E-state index in [1.165, 1.54) is 4.90 Å². The van der Waals surface area contributed by atoms with Gasteiger partial charge in [-0.3, -0.25) is 4.79 Å². The minimum atomic E-state index is -1.07. The van der Waals surface area contributed by atoms with E-state index >= 15 is 0 Å². The van der Waals surface area contributed by atoms with Crippen LogP contribution in [0.4, 0.5) is 0 Å². The molecule has 3 rings (SSSR count). The molecule has 1 amide bonds. The van der Waals surface area contributed by atoms with Crippen LogP contribution in [-0.4, -0.2) is 52.2 Å². The van der Waals surface area contributed by atoms with Gasteiger partial charge in [-0.25, -0.2) is 4.79 Å². The molecule has 2 aliphatic heterocycles. The molecule has 1 saturated heterocycles. The lowest BCUT2D eigenvalue weighted by Gasteiger charge is -2.31. The number of fused-ring (bicyclic) bond motifs is 1. The van der Waals surface area contributed by atoms with Crippen molar-refractivity contribution in [3.8, 4) is 0 Å². The summed E-state index contributed by atoms with van der Waals surface area (Å²) in [6, 6.07) is 6.23. The highest BCUT2D eigenvalue weighted by Gasteiger charge is 2.42. The van der Waals surface area contributed by atoms with E-state index in [2.05, 4.69) is 5.32 Å². The van der Waals surface area contributed by atoms with Crippen LogP contribution in [0.1, 0.15) is 23.6 Å². The number of carboxylic acid groups (broad SMARTS) is 1. The zero-order valence-corrected chi connectivity index (χ0v) is 11.5. The highest BCUT2D eigenvalue weighted by Crippen LogP contribution is 2.28. The van der Waals surface area contributed by atoms with Crippen molar-refractivity contribution in [3.05, 3.63) is 35.4 Å². The molecule has 2 heterocycles. The minimum Gasteiger partial charge on any atom is -0.480 e. The summed E-state index contributed by atoms with van der Waals surface area (Å²) < 4.78 is 0. The molecule has 3 atom stereocenters. The largest absolute Gasteiger partial charge is 0.480 e. The smallest absolute Gasteiger partial charge is 0.326 e. The molecule has 3 N–H and O–H groups in total. The van der Waals surface area contributed by atoms with Crippen LogP contribution in [0.2, 0.25) is 0 Å². The van der Waals surface area contributed by atoms with Crippen molar-refractivity contribution in [2.45, 2.75) is 31.0 Å². The lowest BCUT2D eigenvalue weighted by molar-refractivity contribution is -0.149. The number of carboxylic acids is 1. The number of β-amino-alcohol motifs (C(OH)–C–C–N with tert-alkyl or cyclic N) is 1. The van der Waals surface area contributed by atoms with Gasteiger partial charge in [0.1, 0.15) is 12.1 Å². The third kappa shape index (κ3) is 2.52. The molecule has 1 fully saturated rings. The fourth-order valence-corrected chi connectivity index (χ4v) is 3.18. The second kappa shape index (κ2) is 5.46. The maximum Gasteiger partial charge on any atom is 0.326 e. The summed E-state index contributed by atoms with van der Waals surface area (Å²) >= 11 is 0. The Morgan fingerprint density at radius 2 is 2.05 bits per heavy atom. The number of aliphatic hydroxyl groups excluding tert-OH is 1. The van der Waals surface area contributed by atoms with Crippen LogP contribution < -0.4 is 5.32 Å². The van der Waals surface area contributed by atoms with Crippen molar-refractivity contribution < 1.29 is 19.8 Å². The highest BCUT2D eigenvalue weighted by molar-refractivity contribution is 5.89. The molecule has 1 aromatic carbocycles. The molecule has 1 unspecified atom stereocenters. The van der Waals surface area contributed by atoms with E-state index in [1.54, 1.807) is 0 Å². The van der Waals surface area contributed by atoms with Gasteiger partial charge in [0.25, 0.3) is 0 Å². The van der Waals surface area contributed by atoms with Gasteiger partial charge in [0.2, 0.25) is 5.91 Å². The molecule has 0 aliphatic carbocycles. The first kappa shape index (κ1) is 14.0. The van der Waals surface area contributed by atoms with Gasteiger partial charge in [-0.15, -0.1) is 0 Å². The number of nitrogens with zero attached hydrogens (tertiary/aromatic N) is 1. The van der Waals surface area contributed by atoms with E-state index in [4.69, 9.17) is 0 Å². The van der Waals surface area contributed by atoms with E-state index < -0.39 is 24.2 Å². The Morgan fingerprint density at radius 1 is 1.29 bits per heavy atom. The average molecular weight is 290 g/mol. The lowest BCUT2D eigenvalue weighted by atomic mass is 9.93. The fraction of sp³-hybridized carbons (Fsp3) is 0.467. The Hall–Kier alpha value is -1.92. The van der Waals surface area contributed by atoms with E-state index in [0.29, 0.717) is 6.54 Å². The number of carbonyl (C=O) groups is 2. The van der Waals surface area contributed by atoms with Gasteiger partial charge in [-0.2, -0.15) is 0 Å². The van der Waals surface area contributed by atoms with Crippen LogP contribution in [0.5, 0.6) is 0 Å². The number of amides is 1. The van der Waals surface area contributed by atoms with Crippen molar-refractivity contribution >= 4 is 11.9 Å². The summed E-state index contributed by atoms with van der Waals surface area (Å²) in [6.45, 7) is 0.762. The number of hydrogen-bond donors (Lipinski definition) is 3. The molecule has 2 aliphatic rings. The van der Waals surface area contributed by atoms with E-state index in [9.17, 15) is 19.8 Å². The predicted molar refractivity (Wildman–Crippen MR) is 74.7 cm³/mol. The molecule has 6 heteroatoms. The normalized spacial score (nSPS) is 28.2. The zero-order valence-electron chi connectivity index (χ0n) is 11.5. The first-order chi connectivity index (χ1) is 10.1. The number of carbonyl (C=O) groups excluding carboxylic acids is 1. The monoisotopic (exact) mass is 290 g/mol. The Balaban J connectivity index is 1.87. The number of benzene rings is 1. The van der Waals surface area contributed by atoms with Gasteiger partial charge in [-0.05, 0) is 17.5 Å². The maximum atomic E-state index is 12.7. The van der Waals surface area contributed by atoms with Gasteiger partial charge >= 0.3 is 5.97 Å². The van der Waals surface area contributed by atoms with Crippen LogP contribution in [-0.2, 0) is 16.0 Å². The summed E-state index contributed by atoms with van der Waals surface area (Å²) in [7, 11) is 0. The third-order valence-corrected chi connectivity index (χ3v) is 4.20. The Kier molecular flexibility index (Phi) is 3.65. The molecular formula is C15H18N2O4. The van der Waals surface area contributed by atoms with Crippen molar-refractivity contribution in [3.63, 3.8) is 0 Å². The Morgan fingerprint density at radius 3 is 2.81 bits per heavy atom. The summed E-state index contributed by atoms with van der Waals surface area (Å²) in [5.74, 6) is -1.34. The number of rotatable bonds is 2. The molecule has 0 saturated carbocycles. The van der Waals surface area contributed by atoms with Crippen LogP contribution in [0.15, 0.2) is 24.3 Å². The van der Waals surface area contributed by atoms with Gasteiger partial charge in [0, 0.05) is 19.5 Å². The van der Waals surface area contributed by atoms with Crippen molar-refractivity contribution in [2.24, 2.45) is 0 Å².